The first kappa shape index (κ1) is 20.8. The molecule has 0 atom stereocenters. The second kappa shape index (κ2) is 10.6. The van der Waals surface area contributed by atoms with Crippen LogP contribution in [0.1, 0.15) is 30.4 Å². The summed E-state index contributed by atoms with van der Waals surface area (Å²) in [6, 6.07) is 22.2. The van der Waals surface area contributed by atoms with Crippen LogP contribution in [-0.2, 0) is 16.1 Å². The fraction of sp³-hybridized carbons (Fsp3) is 0.250. The van der Waals surface area contributed by atoms with Crippen LogP contribution in [0.3, 0.4) is 0 Å². The van der Waals surface area contributed by atoms with Crippen molar-refractivity contribution in [1.29, 1.82) is 0 Å². The highest BCUT2D eigenvalue weighted by Crippen LogP contribution is 2.29. The zero-order valence-corrected chi connectivity index (χ0v) is 17.3. The smallest absolute Gasteiger partial charge is 0.305 e. The van der Waals surface area contributed by atoms with E-state index in [4.69, 9.17) is 17.0 Å². The van der Waals surface area contributed by atoms with Gasteiger partial charge in [-0.1, -0.05) is 66.8 Å². The Bertz CT molecular complexity index is 972. The number of hydrogen-bond donors (Lipinski definition) is 1. The van der Waals surface area contributed by atoms with Gasteiger partial charge in [0.25, 0.3) is 0 Å². The molecule has 29 heavy (non-hydrogen) atoms. The fourth-order valence-electron chi connectivity index (χ4n) is 3.12. The number of esters is 1. The van der Waals surface area contributed by atoms with E-state index in [0.717, 1.165) is 47.0 Å². The van der Waals surface area contributed by atoms with Gasteiger partial charge in [-0.2, -0.15) is 0 Å². The third kappa shape index (κ3) is 5.78. The summed E-state index contributed by atoms with van der Waals surface area (Å²) in [4.78, 5) is 11.9. The average molecular weight is 408 g/mol. The van der Waals surface area contributed by atoms with Gasteiger partial charge in [-0.15, -0.1) is 0 Å². The van der Waals surface area contributed by atoms with Crippen LogP contribution >= 0.6 is 12.2 Å². The van der Waals surface area contributed by atoms with E-state index in [1.165, 1.54) is 7.11 Å². The molecule has 0 aliphatic carbocycles. The Morgan fingerprint density at radius 1 is 0.931 bits per heavy atom. The lowest BCUT2D eigenvalue weighted by molar-refractivity contribution is -0.140. The molecule has 4 nitrogen and oxygen atoms in total. The van der Waals surface area contributed by atoms with Crippen LogP contribution in [0.4, 0.5) is 0 Å². The molecule has 0 aromatic heterocycles. The largest absolute Gasteiger partial charge is 0.488 e. The predicted octanol–water partition coefficient (Wildman–Crippen LogP) is 5.03. The zero-order valence-electron chi connectivity index (χ0n) is 16.5. The highest BCUT2D eigenvalue weighted by molar-refractivity contribution is 7.80. The van der Waals surface area contributed by atoms with Crippen LogP contribution < -0.4 is 10.1 Å². The van der Waals surface area contributed by atoms with Crippen LogP contribution in [0.15, 0.2) is 66.7 Å². The number of ether oxygens (including phenoxy) is 2. The number of unbranched alkanes of at least 4 members (excludes halogenated alkanes) is 1. The van der Waals surface area contributed by atoms with Crippen molar-refractivity contribution in [3.05, 3.63) is 77.9 Å². The minimum atomic E-state index is -0.176. The molecule has 0 bridgehead atoms. The molecular weight excluding hydrogens is 382 g/mol. The van der Waals surface area contributed by atoms with E-state index in [-0.39, 0.29) is 5.97 Å². The molecule has 0 fully saturated rings. The van der Waals surface area contributed by atoms with Crippen molar-refractivity contribution in [3.63, 3.8) is 0 Å². The van der Waals surface area contributed by atoms with Crippen LogP contribution in [0, 0.1) is 0 Å². The summed E-state index contributed by atoms with van der Waals surface area (Å²) >= 11 is 5.61. The Morgan fingerprint density at radius 2 is 1.66 bits per heavy atom. The highest BCUT2D eigenvalue weighted by Gasteiger charge is 2.10. The molecule has 0 aliphatic heterocycles. The maximum atomic E-state index is 11.2. The lowest BCUT2D eigenvalue weighted by Gasteiger charge is -2.14. The molecule has 150 valence electrons. The monoisotopic (exact) mass is 407 g/mol. The standard InChI is InChI=1S/C24H25NO3S/c1-27-23(26)13-7-8-16-25-24(29)21-14-15-22(20-12-6-5-11-19(20)21)28-17-18-9-3-2-4-10-18/h2-6,9-12,14-15H,7-8,13,16-17H2,1H3,(H,25,29). The van der Waals surface area contributed by atoms with E-state index in [1.54, 1.807) is 0 Å². The maximum Gasteiger partial charge on any atom is 0.305 e. The first-order valence-corrected chi connectivity index (χ1v) is 10.1. The third-order valence-corrected chi connectivity index (χ3v) is 5.05. The van der Waals surface area contributed by atoms with Crippen molar-refractivity contribution >= 4 is 33.9 Å². The number of benzene rings is 3. The predicted molar refractivity (Wildman–Crippen MR) is 120 cm³/mol. The number of hydrogen-bond acceptors (Lipinski definition) is 4. The summed E-state index contributed by atoms with van der Waals surface area (Å²) in [5, 5.41) is 5.40. The van der Waals surface area contributed by atoms with E-state index in [1.807, 2.05) is 42.5 Å². The molecule has 0 saturated heterocycles. The normalized spacial score (nSPS) is 10.5. The van der Waals surface area contributed by atoms with Gasteiger partial charge in [0.05, 0.1) is 7.11 Å². The fourth-order valence-corrected chi connectivity index (χ4v) is 3.40. The Hall–Kier alpha value is -2.92. The molecule has 3 aromatic carbocycles. The molecule has 0 spiro atoms. The number of methoxy groups -OCH3 is 1. The van der Waals surface area contributed by atoms with Crippen molar-refractivity contribution < 1.29 is 14.3 Å². The van der Waals surface area contributed by atoms with E-state index in [2.05, 4.69) is 34.3 Å². The van der Waals surface area contributed by atoms with Crippen molar-refractivity contribution in [2.45, 2.75) is 25.9 Å². The first-order chi connectivity index (χ1) is 14.2. The van der Waals surface area contributed by atoms with Gasteiger partial charge in [-0.3, -0.25) is 4.79 Å². The lowest BCUT2D eigenvalue weighted by atomic mass is 10.0. The quantitative estimate of drug-likeness (QED) is 0.306. The topological polar surface area (TPSA) is 47.6 Å². The summed E-state index contributed by atoms with van der Waals surface area (Å²) in [6.07, 6.45) is 2.06. The van der Waals surface area contributed by atoms with E-state index >= 15 is 0 Å². The lowest BCUT2D eigenvalue weighted by Crippen LogP contribution is -2.23. The van der Waals surface area contributed by atoms with Crippen LogP contribution in [0.25, 0.3) is 10.8 Å². The second-order valence-electron chi connectivity index (χ2n) is 6.72. The van der Waals surface area contributed by atoms with Gasteiger partial charge < -0.3 is 14.8 Å². The van der Waals surface area contributed by atoms with Crippen LogP contribution in [0.5, 0.6) is 5.75 Å². The van der Waals surface area contributed by atoms with Gasteiger partial charge in [-0.05, 0) is 35.9 Å². The molecule has 5 heteroatoms. The summed E-state index contributed by atoms with van der Waals surface area (Å²) in [7, 11) is 1.41. The first-order valence-electron chi connectivity index (χ1n) is 9.72. The highest BCUT2D eigenvalue weighted by atomic mass is 32.1. The van der Waals surface area contributed by atoms with Crippen molar-refractivity contribution in [3.8, 4) is 5.75 Å². The van der Waals surface area contributed by atoms with E-state index in [9.17, 15) is 4.79 Å². The number of nitrogens with one attached hydrogen (secondary N) is 1. The van der Waals surface area contributed by atoms with Crippen LogP contribution in [-0.4, -0.2) is 24.6 Å². The number of thiocarbonyl (C=S) groups is 1. The molecule has 1 N–H and O–H groups in total. The summed E-state index contributed by atoms with van der Waals surface area (Å²) in [5.41, 5.74) is 2.11. The summed E-state index contributed by atoms with van der Waals surface area (Å²) in [6.45, 7) is 1.24. The summed E-state index contributed by atoms with van der Waals surface area (Å²) < 4.78 is 10.7. The number of rotatable bonds is 9. The summed E-state index contributed by atoms with van der Waals surface area (Å²) in [5.74, 6) is 0.666. The van der Waals surface area contributed by atoms with Crippen LogP contribution in [0.2, 0.25) is 0 Å². The molecule has 0 heterocycles. The third-order valence-electron chi connectivity index (χ3n) is 4.69. The van der Waals surface area contributed by atoms with Crippen molar-refractivity contribution in [2.75, 3.05) is 13.7 Å². The second-order valence-corrected chi connectivity index (χ2v) is 7.13. The number of carbonyl (C=O) groups excluding carboxylic acids is 1. The van der Waals surface area contributed by atoms with Gasteiger partial charge in [0.2, 0.25) is 0 Å². The SMILES string of the molecule is COC(=O)CCCCNC(=S)c1ccc(OCc2ccccc2)c2ccccc12. The van der Waals surface area contributed by atoms with E-state index in [0.29, 0.717) is 18.0 Å². The molecule has 3 rings (SSSR count). The average Bonchev–Trinajstić information content (AvgIpc) is 2.77. The molecular formula is C24H25NO3S. The maximum absolute atomic E-state index is 11.2. The molecule has 0 saturated carbocycles. The molecule has 3 aromatic rings. The van der Waals surface area contributed by atoms with Gasteiger partial charge in [0.15, 0.2) is 0 Å². The van der Waals surface area contributed by atoms with Crippen molar-refractivity contribution in [1.82, 2.24) is 5.32 Å². The number of fused-ring (bicyclic) bond motifs is 1. The number of carbonyl (C=O) groups is 1. The zero-order chi connectivity index (χ0) is 20.5. The van der Waals surface area contributed by atoms with E-state index < -0.39 is 0 Å². The molecule has 0 amide bonds. The minimum absolute atomic E-state index is 0.176. The minimum Gasteiger partial charge on any atom is -0.488 e. The Kier molecular flexibility index (Phi) is 7.59. The Labute approximate surface area is 176 Å². The molecule has 0 unspecified atom stereocenters. The Morgan fingerprint density at radius 3 is 2.41 bits per heavy atom. The molecule has 0 aliphatic rings. The molecule has 0 radical (unpaired) electrons. The van der Waals surface area contributed by atoms with Gasteiger partial charge in [-0.25, -0.2) is 0 Å². The van der Waals surface area contributed by atoms with Gasteiger partial charge >= 0.3 is 5.97 Å². The van der Waals surface area contributed by atoms with Gasteiger partial charge in [0.1, 0.15) is 17.3 Å². The Balaban J connectivity index is 1.66. The van der Waals surface area contributed by atoms with Crippen molar-refractivity contribution in [2.24, 2.45) is 0 Å². The van der Waals surface area contributed by atoms with Gasteiger partial charge in [0, 0.05) is 23.9 Å².